The van der Waals surface area contributed by atoms with Crippen molar-refractivity contribution in [1.82, 2.24) is 0 Å². The molecule has 2 nitrogen and oxygen atoms in total. The van der Waals surface area contributed by atoms with Gasteiger partial charge >= 0.3 is 0 Å². The van der Waals surface area contributed by atoms with Gasteiger partial charge in [0.05, 0.1) is 6.61 Å². The summed E-state index contributed by atoms with van der Waals surface area (Å²) in [5.74, 6) is 0.874. The van der Waals surface area contributed by atoms with Crippen molar-refractivity contribution in [2.45, 2.75) is 19.9 Å². The molecule has 0 fully saturated rings. The van der Waals surface area contributed by atoms with Crippen LogP contribution in [0.5, 0.6) is 5.75 Å². The minimum Gasteiger partial charge on any atom is -0.494 e. The largest absolute Gasteiger partial charge is 0.494 e. The lowest BCUT2D eigenvalue weighted by molar-refractivity contribution is 0.340. The molecule has 1 aromatic rings. The molecule has 1 atom stereocenters. The van der Waals surface area contributed by atoms with Crippen molar-refractivity contribution in [2.24, 2.45) is 5.73 Å². The summed E-state index contributed by atoms with van der Waals surface area (Å²) in [6.07, 6.45) is 0. The molecule has 0 bridgehead atoms. The third kappa shape index (κ3) is 2.71. The summed E-state index contributed by atoms with van der Waals surface area (Å²) in [5.41, 5.74) is 6.87. The molecule has 1 unspecified atom stereocenters. The second-order valence-corrected chi connectivity index (χ2v) is 3.76. The van der Waals surface area contributed by atoms with E-state index in [4.69, 9.17) is 10.5 Å². The highest BCUT2D eigenvalue weighted by Gasteiger charge is 2.05. The van der Waals surface area contributed by atoms with Crippen molar-refractivity contribution >= 4 is 15.9 Å². The number of nitrogens with two attached hydrogens (primary N) is 1. The molecule has 0 radical (unpaired) electrons. The second kappa shape index (κ2) is 4.63. The number of benzene rings is 1. The van der Waals surface area contributed by atoms with Gasteiger partial charge in [0.2, 0.25) is 0 Å². The molecule has 0 saturated carbocycles. The van der Waals surface area contributed by atoms with Gasteiger partial charge < -0.3 is 10.5 Å². The topological polar surface area (TPSA) is 35.2 Å². The molecule has 13 heavy (non-hydrogen) atoms. The Kier molecular flexibility index (Phi) is 3.75. The first-order valence-electron chi connectivity index (χ1n) is 4.33. The van der Waals surface area contributed by atoms with Crippen LogP contribution in [0.25, 0.3) is 0 Å². The van der Waals surface area contributed by atoms with Crippen LogP contribution in [-0.4, -0.2) is 6.61 Å². The first-order valence-corrected chi connectivity index (χ1v) is 5.12. The second-order valence-electron chi connectivity index (χ2n) is 2.91. The van der Waals surface area contributed by atoms with Crippen molar-refractivity contribution in [1.29, 1.82) is 0 Å². The van der Waals surface area contributed by atoms with Gasteiger partial charge in [-0.2, -0.15) is 0 Å². The summed E-state index contributed by atoms with van der Waals surface area (Å²) in [4.78, 5) is 0. The van der Waals surface area contributed by atoms with E-state index in [1.54, 1.807) is 0 Å². The fourth-order valence-corrected chi connectivity index (χ4v) is 1.85. The molecule has 1 aromatic carbocycles. The zero-order chi connectivity index (χ0) is 9.84. The van der Waals surface area contributed by atoms with E-state index < -0.39 is 0 Å². The molecule has 0 aromatic heterocycles. The fraction of sp³-hybridized carbons (Fsp3) is 0.400. The van der Waals surface area contributed by atoms with Crippen LogP contribution in [0.3, 0.4) is 0 Å². The Morgan fingerprint density at radius 3 is 2.69 bits per heavy atom. The average Bonchev–Trinajstić information content (AvgIpc) is 2.04. The Bertz CT molecular complexity index is 286. The minimum absolute atomic E-state index is 0.0463. The summed E-state index contributed by atoms with van der Waals surface area (Å²) in [7, 11) is 0. The van der Waals surface area contributed by atoms with E-state index in [0.717, 1.165) is 15.8 Å². The van der Waals surface area contributed by atoms with Gasteiger partial charge in [0.25, 0.3) is 0 Å². The van der Waals surface area contributed by atoms with Crippen LogP contribution < -0.4 is 10.5 Å². The zero-order valence-corrected chi connectivity index (χ0v) is 9.47. The fourth-order valence-electron chi connectivity index (χ4n) is 1.13. The summed E-state index contributed by atoms with van der Waals surface area (Å²) in [6, 6.07) is 5.92. The molecule has 0 aliphatic rings. The first kappa shape index (κ1) is 10.5. The van der Waals surface area contributed by atoms with Crippen LogP contribution in [-0.2, 0) is 0 Å². The summed E-state index contributed by atoms with van der Waals surface area (Å²) in [5, 5.41) is 0. The van der Waals surface area contributed by atoms with Gasteiger partial charge in [0.15, 0.2) is 0 Å². The van der Waals surface area contributed by atoms with E-state index in [1.165, 1.54) is 0 Å². The summed E-state index contributed by atoms with van der Waals surface area (Å²) in [6.45, 7) is 4.61. The highest BCUT2D eigenvalue weighted by atomic mass is 79.9. The number of hydrogen-bond donors (Lipinski definition) is 1. The van der Waals surface area contributed by atoms with Gasteiger partial charge in [0, 0.05) is 10.5 Å². The minimum atomic E-state index is 0.0463. The molecule has 2 N–H and O–H groups in total. The van der Waals surface area contributed by atoms with Crippen LogP contribution in [0.1, 0.15) is 25.5 Å². The van der Waals surface area contributed by atoms with Crippen molar-refractivity contribution in [3.8, 4) is 5.75 Å². The zero-order valence-electron chi connectivity index (χ0n) is 7.88. The number of halogens is 1. The number of rotatable bonds is 3. The normalized spacial score (nSPS) is 12.6. The van der Waals surface area contributed by atoms with E-state index in [2.05, 4.69) is 15.9 Å². The molecular weight excluding hydrogens is 230 g/mol. The summed E-state index contributed by atoms with van der Waals surface area (Å²) < 4.78 is 6.36. The van der Waals surface area contributed by atoms with Crippen LogP contribution in [0.4, 0.5) is 0 Å². The lowest BCUT2D eigenvalue weighted by Gasteiger charge is -2.10. The molecule has 0 aliphatic carbocycles. The maximum absolute atomic E-state index is 5.77. The van der Waals surface area contributed by atoms with Gasteiger partial charge in [-0.05, 0) is 31.5 Å². The van der Waals surface area contributed by atoms with Crippen LogP contribution >= 0.6 is 15.9 Å². The number of hydrogen-bond acceptors (Lipinski definition) is 2. The Morgan fingerprint density at radius 2 is 2.23 bits per heavy atom. The summed E-state index contributed by atoms with van der Waals surface area (Å²) >= 11 is 3.46. The average molecular weight is 244 g/mol. The van der Waals surface area contributed by atoms with Crippen LogP contribution in [0, 0.1) is 0 Å². The highest BCUT2D eigenvalue weighted by Crippen LogP contribution is 2.26. The van der Waals surface area contributed by atoms with Gasteiger partial charge in [-0.15, -0.1) is 0 Å². The van der Waals surface area contributed by atoms with Crippen LogP contribution in [0.2, 0.25) is 0 Å². The van der Waals surface area contributed by atoms with Gasteiger partial charge in [-0.1, -0.05) is 22.0 Å². The predicted octanol–water partition coefficient (Wildman–Crippen LogP) is 2.87. The van der Waals surface area contributed by atoms with Gasteiger partial charge in [0.1, 0.15) is 5.75 Å². The maximum Gasteiger partial charge on any atom is 0.120 e. The molecule has 0 heterocycles. The smallest absolute Gasteiger partial charge is 0.120 e. The predicted molar refractivity (Wildman–Crippen MR) is 57.9 cm³/mol. The van der Waals surface area contributed by atoms with Crippen molar-refractivity contribution in [3.05, 3.63) is 28.2 Å². The van der Waals surface area contributed by atoms with Crippen molar-refractivity contribution in [2.75, 3.05) is 6.61 Å². The van der Waals surface area contributed by atoms with Gasteiger partial charge in [-0.3, -0.25) is 0 Å². The highest BCUT2D eigenvalue weighted by molar-refractivity contribution is 9.10. The maximum atomic E-state index is 5.77. The van der Waals surface area contributed by atoms with Crippen LogP contribution in [0.15, 0.2) is 22.7 Å². The molecule has 0 aliphatic heterocycles. The standard InChI is InChI=1S/C10H14BrNO/c1-3-13-8-4-5-9(7(2)12)10(11)6-8/h4-7H,3,12H2,1-2H3. The lowest BCUT2D eigenvalue weighted by atomic mass is 10.1. The molecule has 0 spiro atoms. The molecular formula is C10H14BrNO. The van der Waals surface area contributed by atoms with Crippen molar-refractivity contribution < 1.29 is 4.74 Å². The monoisotopic (exact) mass is 243 g/mol. The lowest BCUT2D eigenvalue weighted by Crippen LogP contribution is -2.05. The number of ether oxygens (including phenoxy) is 1. The molecule has 0 saturated heterocycles. The molecule has 3 heteroatoms. The Hall–Kier alpha value is -0.540. The van der Waals surface area contributed by atoms with E-state index in [0.29, 0.717) is 6.61 Å². The Balaban J connectivity index is 2.92. The van der Waals surface area contributed by atoms with E-state index in [-0.39, 0.29) is 6.04 Å². The van der Waals surface area contributed by atoms with E-state index in [1.807, 2.05) is 32.0 Å². The Labute approximate surface area is 87.2 Å². The van der Waals surface area contributed by atoms with E-state index >= 15 is 0 Å². The van der Waals surface area contributed by atoms with Gasteiger partial charge in [-0.25, -0.2) is 0 Å². The third-order valence-corrected chi connectivity index (χ3v) is 2.46. The molecule has 1 rings (SSSR count). The quantitative estimate of drug-likeness (QED) is 0.887. The first-order chi connectivity index (χ1) is 6.15. The molecule has 0 amide bonds. The van der Waals surface area contributed by atoms with E-state index in [9.17, 15) is 0 Å². The third-order valence-electron chi connectivity index (χ3n) is 1.77. The van der Waals surface area contributed by atoms with Crippen molar-refractivity contribution in [3.63, 3.8) is 0 Å². The Morgan fingerprint density at radius 1 is 1.54 bits per heavy atom. The SMILES string of the molecule is CCOc1ccc(C(C)N)c(Br)c1. The molecule has 72 valence electrons.